The number of benzene rings is 1. The van der Waals surface area contributed by atoms with E-state index in [0.29, 0.717) is 5.01 Å². The van der Waals surface area contributed by atoms with Gasteiger partial charge in [-0.3, -0.25) is 30.0 Å². The van der Waals surface area contributed by atoms with Gasteiger partial charge in [-0.1, -0.05) is 0 Å². The van der Waals surface area contributed by atoms with Crippen molar-refractivity contribution in [2.45, 2.75) is 19.9 Å². The Bertz CT molecular complexity index is 1100. The first-order valence-corrected chi connectivity index (χ1v) is 9.26. The second-order valence-corrected chi connectivity index (χ2v) is 7.04. The van der Waals surface area contributed by atoms with Crippen LogP contribution in [-0.4, -0.2) is 25.7 Å². The molecule has 1 N–H and O–H groups in total. The first kappa shape index (κ1) is 20.0. The van der Waals surface area contributed by atoms with Crippen LogP contribution in [0.3, 0.4) is 0 Å². The summed E-state index contributed by atoms with van der Waals surface area (Å²) >= 11 is 1.35. The Balaban J connectivity index is 1.86. The highest BCUT2D eigenvalue weighted by Crippen LogP contribution is 2.29. The topological polar surface area (TPSA) is 141 Å². The summed E-state index contributed by atoms with van der Waals surface area (Å²) in [4.78, 5) is 41.9. The predicted molar refractivity (Wildman–Crippen MR) is 106 cm³/mol. The van der Waals surface area contributed by atoms with Gasteiger partial charge in [0.15, 0.2) is 0 Å². The van der Waals surface area contributed by atoms with Crippen LogP contribution in [0.25, 0.3) is 11.3 Å². The van der Waals surface area contributed by atoms with E-state index in [2.05, 4.69) is 15.3 Å². The van der Waals surface area contributed by atoms with Crippen molar-refractivity contribution in [3.05, 3.63) is 78.4 Å². The average molecular weight is 413 g/mol. The quantitative estimate of drug-likeness (QED) is 0.478. The summed E-state index contributed by atoms with van der Waals surface area (Å²) in [5.41, 5.74) is 0.549. The standard InChI is InChI=1S/C18H15N5O5S/c1-10-14(7-13(22(25)26)8-16(10)23(27)28)17(24)20-11(2)18-21-15(9-29-18)12-3-5-19-6-4-12/h3-9,11H,1-2H3,(H,20,24). The van der Waals surface area contributed by atoms with E-state index in [1.807, 2.05) is 17.5 Å². The van der Waals surface area contributed by atoms with E-state index in [0.717, 1.165) is 23.4 Å². The first-order chi connectivity index (χ1) is 13.8. The zero-order valence-electron chi connectivity index (χ0n) is 15.4. The van der Waals surface area contributed by atoms with E-state index < -0.39 is 33.2 Å². The van der Waals surface area contributed by atoms with Gasteiger partial charge in [-0.2, -0.15) is 0 Å². The summed E-state index contributed by atoms with van der Waals surface area (Å²) in [6, 6.07) is 5.01. The minimum atomic E-state index is -0.769. The fourth-order valence-corrected chi connectivity index (χ4v) is 3.53. The Kier molecular flexibility index (Phi) is 5.59. The van der Waals surface area contributed by atoms with Gasteiger partial charge < -0.3 is 5.32 Å². The summed E-state index contributed by atoms with van der Waals surface area (Å²) in [6.07, 6.45) is 3.30. The summed E-state index contributed by atoms with van der Waals surface area (Å²) in [7, 11) is 0. The van der Waals surface area contributed by atoms with Gasteiger partial charge in [0.05, 0.1) is 33.2 Å². The third kappa shape index (κ3) is 4.24. The van der Waals surface area contributed by atoms with Crippen LogP contribution in [0.4, 0.5) is 11.4 Å². The number of pyridine rings is 1. The third-order valence-electron chi connectivity index (χ3n) is 4.23. The van der Waals surface area contributed by atoms with Crippen LogP contribution >= 0.6 is 11.3 Å². The van der Waals surface area contributed by atoms with Gasteiger partial charge in [0, 0.05) is 35.0 Å². The molecule has 0 spiro atoms. The van der Waals surface area contributed by atoms with Gasteiger partial charge in [0.2, 0.25) is 0 Å². The maximum absolute atomic E-state index is 12.7. The fraction of sp³-hybridized carbons (Fsp3) is 0.167. The Morgan fingerprint density at radius 2 is 1.86 bits per heavy atom. The lowest BCUT2D eigenvalue weighted by atomic mass is 10.0. The van der Waals surface area contributed by atoms with E-state index >= 15 is 0 Å². The van der Waals surface area contributed by atoms with Gasteiger partial charge in [-0.15, -0.1) is 11.3 Å². The monoisotopic (exact) mass is 413 g/mol. The lowest BCUT2D eigenvalue weighted by Crippen LogP contribution is -2.27. The molecule has 1 atom stereocenters. The second kappa shape index (κ2) is 8.10. The third-order valence-corrected chi connectivity index (χ3v) is 5.26. The predicted octanol–water partition coefficient (Wildman–Crippen LogP) is 3.82. The Morgan fingerprint density at radius 1 is 1.17 bits per heavy atom. The number of thiazole rings is 1. The molecule has 11 heteroatoms. The number of hydrogen-bond donors (Lipinski definition) is 1. The number of carbonyl (C=O) groups excluding carboxylic acids is 1. The SMILES string of the molecule is Cc1c(C(=O)NC(C)c2nc(-c3ccncc3)cs2)cc([N+](=O)[O-])cc1[N+](=O)[O-]. The molecule has 0 saturated heterocycles. The minimum Gasteiger partial charge on any atom is -0.343 e. The molecule has 1 unspecified atom stereocenters. The van der Waals surface area contributed by atoms with E-state index in [1.54, 1.807) is 19.3 Å². The molecular weight excluding hydrogens is 398 g/mol. The number of aromatic nitrogens is 2. The molecule has 148 valence electrons. The molecule has 10 nitrogen and oxygen atoms in total. The van der Waals surface area contributed by atoms with Crippen molar-refractivity contribution >= 4 is 28.6 Å². The Morgan fingerprint density at radius 3 is 2.48 bits per heavy atom. The smallest absolute Gasteiger partial charge is 0.279 e. The molecule has 0 aliphatic heterocycles. The zero-order chi connectivity index (χ0) is 21.1. The molecule has 0 bridgehead atoms. The van der Waals surface area contributed by atoms with Crippen molar-refractivity contribution in [3.63, 3.8) is 0 Å². The van der Waals surface area contributed by atoms with Crippen LogP contribution in [0, 0.1) is 27.2 Å². The minimum absolute atomic E-state index is 0.0573. The van der Waals surface area contributed by atoms with Crippen LogP contribution in [0.1, 0.15) is 33.9 Å². The molecule has 0 aliphatic carbocycles. The molecule has 0 aliphatic rings. The van der Waals surface area contributed by atoms with Crippen LogP contribution in [0.15, 0.2) is 42.0 Å². The van der Waals surface area contributed by atoms with Gasteiger partial charge in [-0.25, -0.2) is 4.98 Å². The van der Waals surface area contributed by atoms with Crippen LogP contribution < -0.4 is 5.32 Å². The summed E-state index contributed by atoms with van der Waals surface area (Å²) < 4.78 is 0. The molecular formula is C18H15N5O5S. The maximum atomic E-state index is 12.7. The van der Waals surface area contributed by atoms with Crippen molar-refractivity contribution in [1.82, 2.24) is 15.3 Å². The largest absolute Gasteiger partial charge is 0.343 e. The molecule has 3 rings (SSSR count). The number of amides is 1. The number of nitro benzene ring substituents is 2. The van der Waals surface area contributed by atoms with E-state index in [4.69, 9.17) is 0 Å². The Hall–Kier alpha value is -3.73. The van der Waals surface area contributed by atoms with Crippen molar-refractivity contribution < 1.29 is 14.6 Å². The van der Waals surface area contributed by atoms with E-state index in [1.165, 1.54) is 18.3 Å². The number of nitrogens with zero attached hydrogens (tertiary/aromatic N) is 4. The molecule has 2 aromatic heterocycles. The van der Waals surface area contributed by atoms with Gasteiger partial charge >= 0.3 is 0 Å². The highest BCUT2D eigenvalue weighted by atomic mass is 32.1. The van der Waals surface area contributed by atoms with Crippen LogP contribution in [-0.2, 0) is 0 Å². The molecule has 0 saturated carbocycles. The Labute approximate surface area is 168 Å². The normalized spacial score (nSPS) is 11.7. The van der Waals surface area contributed by atoms with Crippen molar-refractivity contribution in [1.29, 1.82) is 0 Å². The van der Waals surface area contributed by atoms with E-state index in [-0.39, 0.29) is 11.1 Å². The number of carbonyl (C=O) groups is 1. The molecule has 1 amide bonds. The molecule has 1 aromatic carbocycles. The molecule has 3 aromatic rings. The zero-order valence-corrected chi connectivity index (χ0v) is 16.2. The van der Waals surface area contributed by atoms with Crippen molar-refractivity contribution in [3.8, 4) is 11.3 Å². The number of nitrogens with one attached hydrogen (secondary N) is 1. The molecule has 0 fully saturated rings. The molecule has 0 radical (unpaired) electrons. The number of rotatable bonds is 6. The molecule has 2 heterocycles. The molecule has 29 heavy (non-hydrogen) atoms. The second-order valence-electron chi connectivity index (χ2n) is 6.15. The highest BCUT2D eigenvalue weighted by Gasteiger charge is 2.26. The number of nitro groups is 2. The summed E-state index contributed by atoms with van der Waals surface area (Å²) in [5.74, 6) is -0.650. The lowest BCUT2D eigenvalue weighted by Gasteiger charge is -2.13. The number of non-ortho nitro benzene ring substituents is 1. The average Bonchev–Trinajstić information content (AvgIpc) is 3.18. The first-order valence-electron chi connectivity index (χ1n) is 8.38. The van der Waals surface area contributed by atoms with Crippen molar-refractivity contribution in [2.75, 3.05) is 0 Å². The van der Waals surface area contributed by atoms with Crippen LogP contribution in [0.5, 0.6) is 0 Å². The summed E-state index contributed by atoms with van der Waals surface area (Å²) in [5, 5.41) is 27.4. The van der Waals surface area contributed by atoms with Gasteiger partial charge in [0.1, 0.15) is 5.01 Å². The lowest BCUT2D eigenvalue weighted by molar-refractivity contribution is -0.394. The van der Waals surface area contributed by atoms with Crippen molar-refractivity contribution in [2.24, 2.45) is 0 Å². The van der Waals surface area contributed by atoms with Gasteiger partial charge in [-0.05, 0) is 26.0 Å². The van der Waals surface area contributed by atoms with E-state index in [9.17, 15) is 25.0 Å². The van der Waals surface area contributed by atoms with Gasteiger partial charge in [0.25, 0.3) is 17.3 Å². The number of hydrogen-bond acceptors (Lipinski definition) is 8. The summed E-state index contributed by atoms with van der Waals surface area (Å²) in [6.45, 7) is 3.10. The van der Waals surface area contributed by atoms with Crippen LogP contribution in [0.2, 0.25) is 0 Å². The fourth-order valence-electron chi connectivity index (χ4n) is 2.69. The highest BCUT2D eigenvalue weighted by molar-refractivity contribution is 7.10. The maximum Gasteiger partial charge on any atom is 0.279 e.